The highest BCUT2D eigenvalue weighted by molar-refractivity contribution is 6.17. The normalized spacial score (nSPS) is 19.2. The molecule has 1 rings (SSSR count). The summed E-state index contributed by atoms with van der Waals surface area (Å²) in [7, 11) is 0. The van der Waals surface area contributed by atoms with Gasteiger partial charge in [0.2, 0.25) is 0 Å². The van der Waals surface area contributed by atoms with Crippen molar-refractivity contribution in [2.24, 2.45) is 5.41 Å². The zero-order valence-corrected chi connectivity index (χ0v) is 10.3. The fourth-order valence-electron chi connectivity index (χ4n) is 1.67. The van der Waals surface area contributed by atoms with Gasteiger partial charge in [-0.15, -0.1) is 0 Å². The number of esters is 1. The van der Waals surface area contributed by atoms with E-state index in [-0.39, 0.29) is 16.8 Å². The van der Waals surface area contributed by atoms with Gasteiger partial charge in [0, 0.05) is 6.42 Å². The summed E-state index contributed by atoms with van der Waals surface area (Å²) < 4.78 is 5.06. The molecule has 16 heavy (non-hydrogen) atoms. The Labute approximate surface area is 96.9 Å². The van der Waals surface area contributed by atoms with Crippen LogP contribution in [0.15, 0.2) is 11.6 Å². The van der Waals surface area contributed by atoms with Gasteiger partial charge in [0.25, 0.3) is 0 Å². The van der Waals surface area contributed by atoms with Crippen LogP contribution in [0.25, 0.3) is 0 Å². The highest BCUT2D eigenvalue weighted by Gasteiger charge is 2.30. The Hall–Kier alpha value is -1.12. The zero-order valence-electron chi connectivity index (χ0n) is 10.3. The fourth-order valence-corrected chi connectivity index (χ4v) is 1.67. The van der Waals surface area contributed by atoms with Crippen LogP contribution >= 0.6 is 0 Å². The molecule has 0 aromatic heterocycles. The van der Waals surface area contributed by atoms with Gasteiger partial charge >= 0.3 is 5.97 Å². The van der Waals surface area contributed by atoms with Crippen LogP contribution in [0.2, 0.25) is 0 Å². The minimum absolute atomic E-state index is 0.0764. The van der Waals surface area contributed by atoms with Gasteiger partial charge in [-0.3, -0.25) is 4.79 Å². The standard InChI is InChI=1S/C13H20O3/c1-4-5-8-16-12(15)10-9-13(2,3)7-6-11(10)14/h9H,4-8H2,1-3H3. The van der Waals surface area contributed by atoms with Crippen molar-refractivity contribution in [1.29, 1.82) is 0 Å². The van der Waals surface area contributed by atoms with E-state index < -0.39 is 5.97 Å². The lowest BCUT2D eigenvalue weighted by atomic mass is 9.79. The van der Waals surface area contributed by atoms with E-state index >= 15 is 0 Å². The van der Waals surface area contributed by atoms with Gasteiger partial charge in [-0.25, -0.2) is 4.79 Å². The van der Waals surface area contributed by atoms with Crippen LogP contribution in [-0.2, 0) is 14.3 Å². The summed E-state index contributed by atoms with van der Waals surface area (Å²) in [4.78, 5) is 23.2. The van der Waals surface area contributed by atoms with Crippen LogP contribution in [0.3, 0.4) is 0 Å². The summed E-state index contributed by atoms with van der Waals surface area (Å²) in [6.45, 7) is 6.49. The molecule has 0 radical (unpaired) electrons. The Morgan fingerprint density at radius 3 is 2.81 bits per heavy atom. The molecule has 0 bridgehead atoms. The SMILES string of the molecule is CCCCOC(=O)C1=CC(C)(C)CCC1=O. The minimum atomic E-state index is -0.453. The summed E-state index contributed by atoms with van der Waals surface area (Å²) >= 11 is 0. The maximum atomic E-state index is 11.7. The summed E-state index contributed by atoms with van der Waals surface area (Å²) in [5, 5.41) is 0. The number of allylic oxidation sites excluding steroid dienone is 1. The monoisotopic (exact) mass is 224 g/mol. The molecule has 0 heterocycles. The third-order valence-electron chi connectivity index (χ3n) is 2.78. The van der Waals surface area contributed by atoms with Crippen LogP contribution in [0, 0.1) is 5.41 Å². The average molecular weight is 224 g/mol. The quantitative estimate of drug-likeness (QED) is 0.419. The molecule has 0 amide bonds. The van der Waals surface area contributed by atoms with Crippen molar-refractivity contribution in [2.75, 3.05) is 6.61 Å². The van der Waals surface area contributed by atoms with Crippen LogP contribution in [0.5, 0.6) is 0 Å². The number of hydrogen-bond acceptors (Lipinski definition) is 3. The van der Waals surface area contributed by atoms with E-state index in [9.17, 15) is 9.59 Å². The number of Topliss-reactive ketones (excluding diaryl/α,β-unsaturated/α-hetero) is 1. The number of ketones is 1. The third kappa shape index (κ3) is 3.47. The lowest BCUT2D eigenvalue weighted by Crippen LogP contribution is -2.25. The fraction of sp³-hybridized carbons (Fsp3) is 0.692. The van der Waals surface area contributed by atoms with E-state index in [1.54, 1.807) is 6.08 Å². The van der Waals surface area contributed by atoms with E-state index in [1.165, 1.54) is 0 Å². The molecule has 3 nitrogen and oxygen atoms in total. The summed E-state index contributed by atoms with van der Waals surface area (Å²) in [6.07, 6.45) is 4.83. The van der Waals surface area contributed by atoms with Gasteiger partial charge in [0.15, 0.2) is 5.78 Å². The lowest BCUT2D eigenvalue weighted by molar-refractivity contribution is -0.141. The van der Waals surface area contributed by atoms with Crippen molar-refractivity contribution in [3.63, 3.8) is 0 Å². The molecule has 0 unspecified atom stereocenters. The van der Waals surface area contributed by atoms with E-state index in [0.29, 0.717) is 13.0 Å². The van der Waals surface area contributed by atoms with Gasteiger partial charge in [0.1, 0.15) is 0 Å². The molecule has 0 aliphatic heterocycles. The average Bonchev–Trinajstić information content (AvgIpc) is 2.22. The molecule has 0 saturated heterocycles. The van der Waals surface area contributed by atoms with Crippen molar-refractivity contribution in [1.82, 2.24) is 0 Å². The second-order valence-electron chi connectivity index (χ2n) is 4.96. The van der Waals surface area contributed by atoms with Crippen LogP contribution < -0.4 is 0 Å². The first-order chi connectivity index (χ1) is 7.46. The topological polar surface area (TPSA) is 43.4 Å². The molecular formula is C13H20O3. The molecule has 0 atom stereocenters. The van der Waals surface area contributed by atoms with E-state index in [2.05, 4.69) is 0 Å². The van der Waals surface area contributed by atoms with E-state index in [1.807, 2.05) is 20.8 Å². The van der Waals surface area contributed by atoms with Crippen molar-refractivity contribution in [3.8, 4) is 0 Å². The molecule has 90 valence electrons. The zero-order chi connectivity index (χ0) is 12.2. The first-order valence-corrected chi connectivity index (χ1v) is 5.89. The maximum absolute atomic E-state index is 11.7. The summed E-state index contributed by atoms with van der Waals surface area (Å²) in [5.41, 5.74) is 0.167. The van der Waals surface area contributed by atoms with Crippen LogP contribution in [-0.4, -0.2) is 18.4 Å². The Morgan fingerprint density at radius 2 is 2.19 bits per heavy atom. The molecule has 0 aromatic carbocycles. The highest BCUT2D eigenvalue weighted by Crippen LogP contribution is 2.31. The summed E-state index contributed by atoms with van der Waals surface area (Å²) in [5.74, 6) is -0.535. The smallest absolute Gasteiger partial charge is 0.341 e. The van der Waals surface area contributed by atoms with Crippen molar-refractivity contribution >= 4 is 11.8 Å². The first kappa shape index (κ1) is 12.9. The first-order valence-electron chi connectivity index (χ1n) is 5.89. The van der Waals surface area contributed by atoms with Crippen LogP contribution in [0.4, 0.5) is 0 Å². The summed E-state index contributed by atoms with van der Waals surface area (Å²) in [6, 6.07) is 0. The Balaban J connectivity index is 2.66. The molecule has 0 saturated carbocycles. The van der Waals surface area contributed by atoms with Gasteiger partial charge in [-0.1, -0.05) is 33.3 Å². The van der Waals surface area contributed by atoms with E-state index in [4.69, 9.17) is 4.74 Å². The molecule has 1 aliphatic rings. The van der Waals surface area contributed by atoms with Gasteiger partial charge < -0.3 is 4.74 Å². The number of hydrogen-bond donors (Lipinski definition) is 0. The molecule has 3 heteroatoms. The predicted octanol–water partition coefficient (Wildman–Crippen LogP) is 2.65. The molecule has 0 spiro atoms. The third-order valence-corrected chi connectivity index (χ3v) is 2.78. The van der Waals surface area contributed by atoms with Crippen molar-refractivity contribution < 1.29 is 14.3 Å². The number of carbonyl (C=O) groups is 2. The molecule has 1 aliphatic carbocycles. The van der Waals surface area contributed by atoms with Crippen LogP contribution in [0.1, 0.15) is 46.5 Å². The largest absolute Gasteiger partial charge is 0.462 e. The number of unbranched alkanes of at least 4 members (excludes halogenated alkanes) is 1. The Kier molecular flexibility index (Phi) is 4.27. The number of rotatable bonds is 4. The number of ether oxygens (including phenoxy) is 1. The maximum Gasteiger partial charge on any atom is 0.341 e. The predicted molar refractivity (Wildman–Crippen MR) is 62.0 cm³/mol. The van der Waals surface area contributed by atoms with Gasteiger partial charge in [0.05, 0.1) is 12.2 Å². The number of carbonyl (C=O) groups excluding carboxylic acids is 2. The van der Waals surface area contributed by atoms with Gasteiger partial charge in [-0.05, 0) is 18.3 Å². The second kappa shape index (κ2) is 5.28. The molecular weight excluding hydrogens is 204 g/mol. The van der Waals surface area contributed by atoms with E-state index in [0.717, 1.165) is 19.3 Å². The second-order valence-corrected chi connectivity index (χ2v) is 4.96. The lowest BCUT2D eigenvalue weighted by Gasteiger charge is -2.25. The molecule has 0 N–H and O–H groups in total. The highest BCUT2D eigenvalue weighted by atomic mass is 16.5. The Bertz CT molecular complexity index is 313. The van der Waals surface area contributed by atoms with Gasteiger partial charge in [-0.2, -0.15) is 0 Å². The Morgan fingerprint density at radius 1 is 1.50 bits per heavy atom. The molecule has 0 aromatic rings. The molecule has 0 fully saturated rings. The minimum Gasteiger partial charge on any atom is -0.462 e. The van der Waals surface area contributed by atoms with Crippen molar-refractivity contribution in [2.45, 2.75) is 46.5 Å². The van der Waals surface area contributed by atoms with Crippen molar-refractivity contribution in [3.05, 3.63) is 11.6 Å².